The third kappa shape index (κ3) is 2.45. The van der Waals surface area contributed by atoms with Gasteiger partial charge in [-0.25, -0.2) is 8.78 Å². The molecule has 0 aliphatic rings. The van der Waals surface area contributed by atoms with Crippen molar-refractivity contribution >= 4 is 11.0 Å². The van der Waals surface area contributed by atoms with Gasteiger partial charge < -0.3 is 8.94 Å². The fourth-order valence-electron chi connectivity index (χ4n) is 2.27. The zero-order chi connectivity index (χ0) is 16.7. The summed E-state index contributed by atoms with van der Waals surface area (Å²) in [6, 6.07) is 10.4. The lowest BCUT2D eigenvalue weighted by atomic mass is 10.2. The van der Waals surface area contributed by atoms with Crippen molar-refractivity contribution in [3.63, 3.8) is 0 Å². The van der Waals surface area contributed by atoms with Crippen LogP contribution in [0.1, 0.15) is 0 Å². The zero-order valence-corrected chi connectivity index (χ0v) is 12.0. The minimum absolute atomic E-state index is 0.00218. The highest BCUT2D eigenvalue weighted by Crippen LogP contribution is 2.24. The average molecular weight is 326 g/mol. The van der Waals surface area contributed by atoms with Crippen molar-refractivity contribution in [1.82, 2.24) is 10.1 Å². The number of fused-ring (bicyclic) bond motifs is 1. The number of rotatable bonds is 2. The maximum absolute atomic E-state index is 13.2. The first-order chi connectivity index (χ1) is 11.6. The third-order valence-corrected chi connectivity index (χ3v) is 3.43. The van der Waals surface area contributed by atoms with E-state index in [1.807, 2.05) is 0 Å². The molecule has 0 saturated carbocycles. The number of benzene rings is 2. The molecule has 0 saturated heterocycles. The van der Waals surface area contributed by atoms with Gasteiger partial charge in [0, 0.05) is 11.6 Å². The minimum atomic E-state index is -0.529. The molecule has 0 atom stereocenters. The average Bonchev–Trinajstić information content (AvgIpc) is 3.06. The standard InChI is InChI=1S/C17H8F2N2O3/c18-10-3-1-9(2-4-10)16-20-17(24-21-16)15-8-13(22)12-7-11(19)5-6-14(12)23-15/h1-8H. The number of nitrogens with zero attached hydrogens (tertiary/aromatic N) is 2. The highest BCUT2D eigenvalue weighted by atomic mass is 19.1. The summed E-state index contributed by atoms with van der Waals surface area (Å²) in [5, 5.41) is 3.91. The molecule has 118 valence electrons. The van der Waals surface area contributed by atoms with Crippen LogP contribution >= 0.6 is 0 Å². The third-order valence-electron chi connectivity index (χ3n) is 3.43. The maximum Gasteiger partial charge on any atom is 0.294 e. The van der Waals surface area contributed by atoms with Crippen LogP contribution in [-0.2, 0) is 0 Å². The van der Waals surface area contributed by atoms with Crippen LogP contribution in [0.25, 0.3) is 34.0 Å². The lowest BCUT2D eigenvalue weighted by molar-refractivity contribution is 0.418. The normalized spacial score (nSPS) is 11.1. The molecule has 5 nitrogen and oxygen atoms in total. The van der Waals surface area contributed by atoms with E-state index >= 15 is 0 Å². The van der Waals surface area contributed by atoms with Gasteiger partial charge in [-0.05, 0) is 42.5 Å². The van der Waals surface area contributed by atoms with Crippen molar-refractivity contribution in [3.8, 4) is 23.0 Å². The summed E-state index contributed by atoms with van der Waals surface area (Å²) in [5.41, 5.74) is 0.337. The second kappa shape index (κ2) is 5.38. The van der Waals surface area contributed by atoms with Crippen molar-refractivity contribution in [3.05, 3.63) is 70.4 Å². The second-order valence-corrected chi connectivity index (χ2v) is 5.05. The Morgan fingerprint density at radius 1 is 0.917 bits per heavy atom. The molecule has 7 heteroatoms. The first-order valence-corrected chi connectivity index (χ1v) is 6.93. The maximum atomic E-state index is 13.2. The van der Waals surface area contributed by atoms with Crippen LogP contribution in [0.15, 0.2) is 62.3 Å². The Kier molecular flexibility index (Phi) is 3.19. The molecule has 0 aliphatic heterocycles. The molecule has 4 rings (SSSR count). The van der Waals surface area contributed by atoms with Crippen LogP contribution in [-0.4, -0.2) is 10.1 Å². The van der Waals surface area contributed by atoms with E-state index in [2.05, 4.69) is 10.1 Å². The summed E-state index contributed by atoms with van der Waals surface area (Å²) in [4.78, 5) is 16.2. The molecule has 0 unspecified atom stereocenters. The van der Waals surface area contributed by atoms with Gasteiger partial charge in [-0.2, -0.15) is 4.98 Å². The van der Waals surface area contributed by atoms with Crippen LogP contribution in [0.3, 0.4) is 0 Å². The lowest BCUT2D eigenvalue weighted by Gasteiger charge is -1.99. The Morgan fingerprint density at radius 3 is 2.46 bits per heavy atom. The molecule has 24 heavy (non-hydrogen) atoms. The first kappa shape index (κ1) is 14.3. The number of hydrogen-bond donors (Lipinski definition) is 0. The van der Waals surface area contributed by atoms with Gasteiger partial charge >= 0.3 is 0 Å². The van der Waals surface area contributed by atoms with Gasteiger partial charge in [-0.15, -0.1) is 0 Å². The largest absolute Gasteiger partial charge is 0.451 e. The topological polar surface area (TPSA) is 69.1 Å². The van der Waals surface area contributed by atoms with Gasteiger partial charge in [0.25, 0.3) is 5.89 Å². The Hall–Kier alpha value is -3.35. The SMILES string of the molecule is O=c1cc(-c2nc(-c3ccc(F)cc3)no2)oc2ccc(F)cc12. The van der Waals surface area contributed by atoms with Crippen LogP contribution in [0.2, 0.25) is 0 Å². The molecular formula is C17H8F2N2O3. The lowest BCUT2D eigenvalue weighted by Crippen LogP contribution is -2.00. The predicted molar refractivity (Wildman–Crippen MR) is 81.1 cm³/mol. The Bertz CT molecular complexity index is 1100. The van der Waals surface area contributed by atoms with Gasteiger partial charge in [0.1, 0.15) is 17.2 Å². The van der Waals surface area contributed by atoms with Crippen LogP contribution in [0.4, 0.5) is 8.78 Å². The van der Waals surface area contributed by atoms with Gasteiger partial charge in [0.15, 0.2) is 11.2 Å². The fraction of sp³-hybridized carbons (Fsp3) is 0. The molecule has 2 heterocycles. The van der Waals surface area contributed by atoms with E-state index in [0.717, 1.165) is 12.1 Å². The van der Waals surface area contributed by atoms with Crippen molar-refractivity contribution in [2.75, 3.05) is 0 Å². The number of halogens is 2. The summed E-state index contributed by atoms with van der Waals surface area (Å²) in [6.07, 6.45) is 0. The molecule has 4 aromatic rings. The van der Waals surface area contributed by atoms with Gasteiger partial charge in [0.2, 0.25) is 5.82 Å². The summed E-state index contributed by atoms with van der Waals surface area (Å²) >= 11 is 0. The number of hydrogen-bond acceptors (Lipinski definition) is 5. The van der Waals surface area contributed by atoms with E-state index in [1.165, 1.54) is 36.4 Å². The molecule has 0 spiro atoms. The minimum Gasteiger partial charge on any atom is -0.451 e. The molecule has 0 aliphatic carbocycles. The summed E-state index contributed by atoms with van der Waals surface area (Å²) < 4.78 is 36.8. The fourth-order valence-corrected chi connectivity index (χ4v) is 2.27. The zero-order valence-electron chi connectivity index (χ0n) is 12.0. The van der Waals surface area contributed by atoms with E-state index in [9.17, 15) is 13.6 Å². The Morgan fingerprint density at radius 2 is 1.67 bits per heavy atom. The molecule has 2 aromatic carbocycles. The molecule has 0 fully saturated rings. The van der Waals surface area contributed by atoms with E-state index in [1.54, 1.807) is 0 Å². The van der Waals surface area contributed by atoms with Crippen molar-refractivity contribution < 1.29 is 17.7 Å². The smallest absolute Gasteiger partial charge is 0.294 e. The molecule has 0 N–H and O–H groups in total. The van der Waals surface area contributed by atoms with Crippen LogP contribution in [0, 0.1) is 11.6 Å². The molecule has 0 amide bonds. The summed E-state index contributed by atoms with van der Waals surface area (Å²) in [6.45, 7) is 0. The second-order valence-electron chi connectivity index (χ2n) is 5.05. The van der Waals surface area contributed by atoms with Gasteiger partial charge in [0.05, 0.1) is 5.39 Å². The van der Waals surface area contributed by atoms with E-state index in [0.29, 0.717) is 5.56 Å². The van der Waals surface area contributed by atoms with Gasteiger partial charge in [-0.3, -0.25) is 4.79 Å². The van der Waals surface area contributed by atoms with E-state index in [4.69, 9.17) is 8.94 Å². The van der Waals surface area contributed by atoms with Crippen molar-refractivity contribution in [2.45, 2.75) is 0 Å². The van der Waals surface area contributed by atoms with E-state index in [-0.39, 0.29) is 34.3 Å². The molecule has 0 radical (unpaired) electrons. The highest BCUT2D eigenvalue weighted by Gasteiger charge is 2.15. The Labute approximate surface area is 133 Å². The highest BCUT2D eigenvalue weighted by molar-refractivity contribution is 5.78. The van der Waals surface area contributed by atoms with Gasteiger partial charge in [-0.1, -0.05) is 5.16 Å². The number of aromatic nitrogens is 2. The predicted octanol–water partition coefficient (Wildman–Crippen LogP) is 3.79. The first-order valence-electron chi connectivity index (χ1n) is 6.93. The molecule has 0 bridgehead atoms. The van der Waals surface area contributed by atoms with Crippen molar-refractivity contribution in [1.29, 1.82) is 0 Å². The summed E-state index contributed by atoms with van der Waals surface area (Å²) in [7, 11) is 0. The quantitative estimate of drug-likeness (QED) is 0.560. The molecule has 2 aromatic heterocycles. The molecular weight excluding hydrogens is 318 g/mol. The van der Waals surface area contributed by atoms with Crippen LogP contribution in [0.5, 0.6) is 0 Å². The van der Waals surface area contributed by atoms with E-state index < -0.39 is 11.2 Å². The van der Waals surface area contributed by atoms with Crippen molar-refractivity contribution in [2.24, 2.45) is 0 Å². The van der Waals surface area contributed by atoms with Crippen LogP contribution < -0.4 is 5.43 Å². The Balaban J connectivity index is 1.79. The summed E-state index contributed by atoms with van der Waals surface area (Å²) in [5.74, 6) is -0.612. The monoisotopic (exact) mass is 326 g/mol.